The Balaban J connectivity index is 2.48. The number of hydrogen-bond acceptors (Lipinski definition) is 3. The molecule has 1 aromatic rings. The molecule has 0 spiro atoms. The lowest BCUT2D eigenvalue weighted by atomic mass is 10.2. The largest absolute Gasteiger partial charge is 0.350 e. The molecule has 20 heavy (non-hydrogen) atoms. The third-order valence-electron chi connectivity index (χ3n) is 2.35. The Hall–Kier alpha value is -1.89. The van der Waals surface area contributed by atoms with Crippen LogP contribution in [0.15, 0.2) is 34.7 Å². The van der Waals surface area contributed by atoms with Gasteiger partial charge in [0, 0.05) is 19.1 Å². The van der Waals surface area contributed by atoms with Crippen LogP contribution in [0.25, 0.3) is 0 Å². The highest BCUT2D eigenvalue weighted by atomic mass is 32.2. The molecule has 1 atom stereocenters. The van der Waals surface area contributed by atoms with Crippen LogP contribution in [0.1, 0.15) is 12.5 Å². The number of benzene rings is 1. The van der Waals surface area contributed by atoms with E-state index < -0.39 is 21.8 Å². The van der Waals surface area contributed by atoms with Crippen LogP contribution in [-0.4, -0.2) is 34.7 Å². The van der Waals surface area contributed by atoms with E-state index >= 15 is 0 Å². The maximum Gasteiger partial charge on any atom is 0.349 e. The minimum atomic E-state index is -2.52. The van der Waals surface area contributed by atoms with Gasteiger partial charge in [0.2, 0.25) is 5.91 Å². The Labute approximate surface area is 119 Å². The van der Waals surface area contributed by atoms with Gasteiger partial charge in [-0.15, -0.1) is 4.36 Å². The van der Waals surface area contributed by atoms with Gasteiger partial charge in [0.15, 0.2) is 0 Å². The summed E-state index contributed by atoms with van der Waals surface area (Å²) < 4.78 is 14.8. The second kappa shape index (κ2) is 7.04. The second-order valence-electron chi connectivity index (χ2n) is 4.65. The third-order valence-corrected chi connectivity index (χ3v) is 2.95. The monoisotopic (exact) mass is 297 g/mol. The minimum absolute atomic E-state index is 0.323. The molecule has 1 rings (SSSR count). The van der Waals surface area contributed by atoms with Crippen LogP contribution in [0.2, 0.25) is 0 Å². The van der Waals surface area contributed by atoms with Gasteiger partial charge < -0.3 is 10.6 Å². The maximum atomic E-state index is 11.8. The van der Waals surface area contributed by atoms with Crippen LogP contribution in [0.5, 0.6) is 0 Å². The lowest BCUT2D eigenvalue weighted by Crippen LogP contribution is -2.43. The zero-order valence-electron chi connectivity index (χ0n) is 11.8. The predicted molar refractivity (Wildman–Crippen MR) is 78.7 cm³/mol. The Bertz CT molecular complexity index is 584. The first-order chi connectivity index (χ1) is 9.28. The molecule has 0 aliphatic carbocycles. The highest BCUT2D eigenvalue weighted by Gasteiger charge is 2.15. The molecule has 0 aliphatic heterocycles. The molecule has 0 aromatic heterocycles. The third kappa shape index (κ3) is 6.33. The summed E-state index contributed by atoms with van der Waals surface area (Å²) in [5.74, 6) is -0.323. The van der Waals surface area contributed by atoms with Crippen molar-refractivity contribution in [2.45, 2.75) is 19.5 Å². The Morgan fingerprint density at radius 3 is 2.40 bits per heavy atom. The van der Waals surface area contributed by atoms with Crippen molar-refractivity contribution in [1.82, 2.24) is 10.6 Å². The maximum absolute atomic E-state index is 11.8. The first-order valence-electron chi connectivity index (χ1n) is 6.07. The first-order valence-corrected chi connectivity index (χ1v) is 8.40. The molecule has 1 aromatic carbocycles. The first kappa shape index (κ1) is 16.2. The van der Waals surface area contributed by atoms with E-state index in [0.29, 0.717) is 6.54 Å². The molecule has 6 nitrogen and oxygen atoms in total. The van der Waals surface area contributed by atoms with Crippen molar-refractivity contribution >= 4 is 21.7 Å². The normalized spacial score (nSPS) is 12.3. The number of urea groups is 1. The zero-order valence-corrected chi connectivity index (χ0v) is 12.6. The average molecular weight is 297 g/mol. The van der Waals surface area contributed by atoms with Gasteiger partial charge >= 0.3 is 6.03 Å². The zero-order chi connectivity index (χ0) is 15.2. The number of rotatable bonds is 4. The number of amides is 3. The summed E-state index contributed by atoms with van der Waals surface area (Å²) in [4.78, 5) is 23.2. The van der Waals surface area contributed by atoms with Crippen LogP contribution in [0.4, 0.5) is 4.79 Å². The number of hydrogen-bond donors (Lipinski definition) is 2. The van der Waals surface area contributed by atoms with Gasteiger partial charge in [-0.2, -0.15) is 0 Å². The lowest BCUT2D eigenvalue weighted by Gasteiger charge is -2.12. The van der Waals surface area contributed by atoms with Crippen molar-refractivity contribution in [2.75, 3.05) is 12.5 Å². The summed E-state index contributed by atoms with van der Waals surface area (Å²) in [6.45, 7) is 1.93. The second-order valence-corrected chi connectivity index (χ2v) is 7.19. The molecular formula is C13H19N3O3S. The molecule has 3 amide bonds. The van der Waals surface area contributed by atoms with Crippen LogP contribution < -0.4 is 10.6 Å². The highest BCUT2D eigenvalue weighted by molar-refractivity contribution is 7.92. The van der Waals surface area contributed by atoms with E-state index in [1.165, 1.54) is 12.5 Å². The molecule has 0 radical (unpaired) electrons. The predicted octanol–water partition coefficient (Wildman–Crippen LogP) is 1.13. The fourth-order valence-corrected chi connectivity index (χ4v) is 1.87. The van der Waals surface area contributed by atoms with E-state index in [1.54, 1.807) is 6.92 Å². The van der Waals surface area contributed by atoms with Gasteiger partial charge in [-0.05, 0) is 12.5 Å². The Morgan fingerprint density at radius 1 is 1.25 bits per heavy atom. The van der Waals surface area contributed by atoms with E-state index in [9.17, 15) is 13.8 Å². The van der Waals surface area contributed by atoms with Gasteiger partial charge in [-0.3, -0.25) is 4.79 Å². The molecule has 0 bridgehead atoms. The summed E-state index contributed by atoms with van der Waals surface area (Å²) in [5, 5.41) is 5.08. The van der Waals surface area contributed by atoms with Crippen molar-refractivity contribution in [1.29, 1.82) is 0 Å². The fourth-order valence-electron chi connectivity index (χ4n) is 1.41. The smallest absolute Gasteiger partial charge is 0.349 e. The van der Waals surface area contributed by atoms with Crippen LogP contribution in [0, 0.1) is 0 Å². The fraction of sp³-hybridized carbons (Fsp3) is 0.385. The van der Waals surface area contributed by atoms with Gasteiger partial charge in [-0.1, -0.05) is 30.3 Å². The van der Waals surface area contributed by atoms with Crippen LogP contribution in [0.3, 0.4) is 0 Å². The van der Waals surface area contributed by atoms with Crippen molar-refractivity contribution in [3.8, 4) is 0 Å². The summed E-state index contributed by atoms with van der Waals surface area (Å²) in [6, 6.07) is 7.95. The van der Waals surface area contributed by atoms with Gasteiger partial charge in [0.25, 0.3) is 0 Å². The van der Waals surface area contributed by atoms with Gasteiger partial charge in [-0.25, -0.2) is 9.00 Å². The molecule has 0 fully saturated rings. The molecule has 0 saturated heterocycles. The van der Waals surface area contributed by atoms with E-state index in [0.717, 1.165) is 5.56 Å². The molecule has 110 valence electrons. The quantitative estimate of drug-likeness (QED) is 0.873. The van der Waals surface area contributed by atoms with Crippen molar-refractivity contribution < 1.29 is 13.8 Å². The van der Waals surface area contributed by atoms with Gasteiger partial charge in [0.1, 0.15) is 6.04 Å². The number of carbonyl (C=O) groups excluding carboxylic acids is 2. The Morgan fingerprint density at radius 2 is 1.85 bits per heavy atom. The van der Waals surface area contributed by atoms with Crippen molar-refractivity contribution in [3.05, 3.63) is 35.9 Å². The topological polar surface area (TPSA) is 87.6 Å². The van der Waals surface area contributed by atoms with Crippen LogP contribution >= 0.6 is 0 Å². The van der Waals surface area contributed by atoms with Crippen LogP contribution in [-0.2, 0) is 21.1 Å². The van der Waals surface area contributed by atoms with E-state index in [2.05, 4.69) is 15.0 Å². The summed E-state index contributed by atoms with van der Waals surface area (Å²) >= 11 is 0. The van der Waals surface area contributed by atoms with Crippen molar-refractivity contribution in [2.24, 2.45) is 4.36 Å². The lowest BCUT2D eigenvalue weighted by molar-refractivity contribution is -0.122. The van der Waals surface area contributed by atoms with Gasteiger partial charge in [0.05, 0.1) is 9.73 Å². The number of nitrogens with zero attached hydrogens (tertiary/aromatic N) is 1. The molecule has 0 heterocycles. The standard InChI is InChI=1S/C13H19N3O3S/c1-10(15-13(18)16-20(2,3)19)12(17)14-9-11-7-5-4-6-8-11/h4-8,10H,9H2,1-3H3,(H,14,17)(H,15,18). The molecule has 1 unspecified atom stereocenters. The molecule has 0 saturated carbocycles. The van der Waals surface area contributed by atoms with E-state index in [-0.39, 0.29) is 5.91 Å². The summed E-state index contributed by atoms with van der Waals surface area (Å²) in [6.07, 6.45) is 2.71. The minimum Gasteiger partial charge on any atom is -0.350 e. The van der Waals surface area contributed by atoms with Crippen molar-refractivity contribution in [3.63, 3.8) is 0 Å². The average Bonchev–Trinajstić information content (AvgIpc) is 2.34. The summed E-state index contributed by atoms with van der Waals surface area (Å²) in [5.41, 5.74) is 0.967. The Kier molecular flexibility index (Phi) is 5.69. The van der Waals surface area contributed by atoms with E-state index in [4.69, 9.17) is 0 Å². The molecule has 2 N–H and O–H groups in total. The highest BCUT2D eigenvalue weighted by Crippen LogP contribution is 1.97. The SMILES string of the molecule is CC(NC(=O)N=S(C)(C)=O)C(=O)NCc1ccccc1. The molecule has 0 aliphatic rings. The summed E-state index contributed by atoms with van der Waals surface area (Å²) in [7, 11) is -2.52. The molecule has 7 heteroatoms. The number of nitrogens with one attached hydrogen (secondary N) is 2. The molecular weight excluding hydrogens is 278 g/mol. The van der Waals surface area contributed by atoms with E-state index in [1.807, 2.05) is 30.3 Å². The number of carbonyl (C=O) groups is 2.